The van der Waals surface area contributed by atoms with E-state index in [1.165, 1.54) is 0 Å². The number of hydrogen-bond donors (Lipinski definition) is 2. The van der Waals surface area contributed by atoms with Crippen molar-refractivity contribution < 1.29 is 22.8 Å². The Balaban J connectivity index is 1.78. The number of rotatable bonds is 4. The molecule has 0 saturated carbocycles. The standard InChI is InChI=1S/C17H16F3N3O2/c18-17(19,20)9-22-14(24)8-21-16(25)15-10-4-1-2-6-12(10)23-13-7-3-5-11(13)15/h1-2,4,6H,3,5,7-9H2,(H,21,25)(H,22,24). The van der Waals surface area contributed by atoms with E-state index in [1.807, 2.05) is 6.07 Å². The second-order valence-electron chi connectivity index (χ2n) is 5.86. The summed E-state index contributed by atoms with van der Waals surface area (Å²) in [5.74, 6) is -1.36. The maximum Gasteiger partial charge on any atom is 0.405 e. The molecular weight excluding hydrogens is 335 g/mol. The Morgan fingerprint density at radius 3 is 2.64 bits per heavy atom. The SMILES string of the molecule is O=C(CNC(=O)c1c2c(nc3ccccc13)CCC2)NCC(F)(F)F. The summed E-state index contributed by atoms with van der Waals surface area (Å²) in [6, 6.07) is 7.20. The van der Waals surface area contributed by atoms with Gasteiger partial charge >= 0.3 is 6.18 Å². The Morgan fingerprint density at radius 2 is 1.88 bits per heavy atom. The molecule has 0 radical (unpaired) electrons. The van der Waals surface area contributed by atoms with Gasteiger partial charge in [0.25, 0.3) is 5.91 Å². The second kappa shape index (κ2) is 6.70. The third-order valence-electron chi connectivity index (χ3n) is 4.04. The topological polar surface area (TPSA) is 71.1 Å². The maximum absolute atomic E-state index is 12.6. The smallest absolute Gasteiger partial charge is 0.345 e. The quantitative estimate of drug-likeness (QED) is 0.887. The largest absolute Gasteiger partial charge is 0.405 e. The molecule has 25 heavy (non-hydrogen) atoms. The number of para-hydroxylation sites is 1. The number of benzene rings is 1. The number of nitrogens with one attached hydrogen (secondary N) is 2. The van der Waals surface area contributed by atoms with E-state index in [1.54, 1.807) is 23.5 Å². The van der Waals surface area contributed by atoms with Crippen molar-refractivity contribution >= 4 is 22.7 Å². The summed E-state index contributed by atoms with van der Waals surface area (Å²) in [5.41, 5.74) is 2.87. The number of hydrogen-bond acceptors (Lipinski definition) is 3. The van der Waals surface area contributed by atoms with Gasteiger partial charge in [0, 0.05) is 11.1 Å². The molecule has 1 aromatic carbocycles. The van der Waals surface area contributed by atoms with Crippen LogP contribution in [0.2, 0.25) is 0 Å². The van der Waals surface area contributed by atoms with Crippen molar-refractivity contribution in [2.75, 3.05) is 13.1 Å². The molecule has 0 fully saturated rings. The third kappa shape index (κ3) is 3.89. The molecule has 8 heteroatoms. The highest BCUT2D eigenvalue weighted by Crippen LogP contribution is 2.29. The molecule has 0 aliphatic heterocycles. The molecule has 1 aromatic heterocycles. The number of nitrogens with zero attached hydrogens (tertiary/aromatic N) is 1. The first-order chi connectivity index (χ1) is 11.8. The normalized spacial score (nSPS) is 13.6. The van der Waals surface area contributed by atoms with Crippen molar-refractivity contribution in [2.24, 2.45) is 0 Å². The Labute approximate surface area is 141 Å². The van der Waals surface area contributed by atoms with Crippen molar-refractivity contribution in [3.05, 3.63) is 41.1 Å². The lowest BCUT2D eigenvalue weighted by Gasteiger charge is -2.13. The molecule has 1 heterocycles. The summed E-state index contributed by atoms with van der Waals surface area (Å²) in [6.07, 6.45) is -2.09. The molecule has 0 atom stereocenters. The Kier molecular flexibility index (Phi) is 4.61. The van der Waals surface area contributed by atoms with Crippen LogP contribution in [0.15, 0.2) is 24.3 Å². The number of fused-ring (bicyclic) bond motifs is 2. The van der Waals surface area contributed by atoms with E-state index in [2.05, 4.69) is 10.3 Å². The molecule has 5 nitrogen and oxygen atoms in total. The highest BCUT2D eigenvalue weighted by molar-refractivity contribution is 6.08. The average molecular weight is 351 g/mol. The molecule has 0 bridgehead atoms. The minimum Gasteiger partial charge on any atom is -0.345 e. The molecule has 132 valence electrons. The van der Waals surface area contributed by atoms with Gasteiger partial charge in [0.15, 0.2) is 0 Å². The van der Waals surface area contributed by atoms with E-state index >= 15 is 0 Å². The van der Waals surface area contributed by atoms with Gasteiger partial charge < -0.3 is 10.6 Å². The molecular formula is C17H16F3N3O2. The third-order valence-corrected chi connectivity index (χ3v) is 4.04. The minimum absolute atomic E-state index is 0.460. The number of pyridine rings is 1. The predicted octanol–water partition coefficient (Wildman–Crippen LogP) is 2.13. The highest BCUT2D eigenvalue weighted by atomic mass is 19.4. The van der Waals surface area contributed by atoms with E-state index in [4.69, 9.17) is 0 Å². The van der Waals surface area contributed by atoms with Crippen LogP contribution in [-0.4, -0.2) is 36.1 Å². The van der Waals surface area contributed by atoms with E-state index in [-0.39, 0.29) is 0 Å². The highest BCUT2D eigenvalue weighted by Gasteiger charge is 2.28. The Morgan fingerprint density at radius 1 is 1.12 bits per heavy atom. The molecule has 2 aromatic rings. The summed E-state index contributed by atoms with van der Waals surface area (Å²) in [4.78, 5) is 28.6. The molecule has 0 saturated heterocycles. The minimum atomic E-state index is -4.48. The fourth-order valence-corrected chi connectivity index (χ4v) is 2.98. The zero-order chi connectivity index (χ0) is 18.0. The van der Waals surface area contributed by atoms with Gasteiger partial charge in [0.05, 0.1) is 17.6 Å². The molecule has 2 N–H and O–H groups in total. The first-order valence-corrected chi connectivity index (χ1v) is 7.87. The molecule has 1 aliphatic rings. The lowest BCUT2D eigenvalue weighted by atomic mass is 10.0. The van der Waals surface area contributed by atoms with Crippen LogP contribution in [0.25, 0.3) is 10.9 Å². The van der Waals surface area contributed by atoms with E-state index in [9.17, 15) is 22.8 Å². The van der Waals surface area contributed by atoms with Gasteiger partial charge in [-0.15, -0.1) is 0 Å². The summed E-state index contributed by atoms with van der Waals surface area (Å²) < 4.78 is 36.3. The summed E-state index contributed by atoms with van der Waals surface area (Å²) in [5, 5.41) is 4.82. The second-order valence-corrected chi connectivity index (χ2v) is 5.86. The zero-order valence-corrected chi connectivity index (χ0v) is 13.2. The molecule has 1 aliphatic carbocycles. The number of amides is 2. The zero-order valence-electron chi connectivity index (χ0n) is 13.2. The van der Waals surface area contributed by atoms with Gasteiger partial charge in [-0.05, 0) is 30.9 Å². The first-order valence-electron chi connectivity index (χ1n) is 7.87. The number of alkyl halides is 3. The lowest BCUT2D eigenvalue weighted by molar-refractivity contribution is -0.137. The van der Waals surface area contributed by atoms with E-state index < -0.39 is 31.1 Å². The van der Waals surface area contributed by atoms with Crippen LogP contribution in [0.4, 0.5) is 13.2 Å². The van der Waals surface area contributed by atoms with Gasteiger partial charge in [-0.1, -0.05) is 18.2 Å². The number of halogens is 3. The van der Waals surface area contributed by atoms with Crippen LogP contribution in [0.3, 0.4) is 0 Å². The van der Waals surface area contributed by atoms with Gasteiger partial charge in [0.2, 0.25) is 5.91 Å². The van der Waals surface area contributed by atoms with Crippen LogP contribution >= 0.6 is 0 Å². The van der Waals surface area contributed by atoms with Crippen LogP contribution in [0.1, 0.15) is 28.0 Å². The molecule has 2 amide bonds. The molecule has 0 spiro atoms. The number of carbonyl (C=O) groups is 2. The number of aryl methyl sites for hydroxylation is 1. The Bertz CT molecular complexity index is 834. The van der Waals surface area contributed by atoms with Crippen LogP contribution < -0.4 is 10.6 Å². The predicted molar refractivity (Wildman–Crippen MR) is 85.2 cm³/mol. The fourth-order valence-electron chi connectivity index (χ4n) is 2.98. The van der Waals surface area contributed by atoms with E-state index in [0.717, 1.165) is 30.5 Å². The van der Waals surface area contributed by atoms with Crippen LogP contribution in [0, 0.1) is 0 Å². The Hall–Kier alpha value is -2.64. The lowest BCUT2D eigenvalue weighted by Crippen LogP contribution is -2.41. The van der Waals surface area contributed by atoms with Gasteiger partial charge in [-0.3, -0.25) is 14.6 Å². The molecule has 3 rings (SSSR count). The molecule has 0 unspecified atom stereocenters. The number of carbonyl (C=O) groups excluding carboxylic acids is 2. The van der Waals surface area contributed by atoms with Crippen molar-refractivity contribution in [3.63, 3.8) is 0 Å². The van der Waals surface area contributed by atoms with Crippen LogP contribution in [-0.2, 0) is 17.6 Å². The summed E-state index contributed by atoms with van der Waals surface area (Å²) in [7, 11) is 0. The monoisotopic (exact) mass is 351 g/mol. The van der Waals surface area contributed by atoms with Crippen molar-refractivity contribution in [2.45, 2.75) is 25.4 Å². The summed E-state index contributed by atoms with van der Waals surface area (Å²) in [6.45, 7) is -1.93. The van der Waals surface area contributed by atoms with Crippen LogP contribution in [0.5, 0.6) is 0 Å². The average Bonchev–Trinajstić information content (AvgIpc) is 3.02. The fraction of sp³-hybridized carbons (Fsp3) is 0.353. The van der Waals surface area contributed by atoms with Gasteiger partial charge in [-0.2, -0.15) is 13.2 Å². The number of aromatic nitrogens is 1. The van der Waals surface area contributed by atoms with Crippen molar-refractivity contribution in [1.29, 1.82) is 0 Å². The maximum atomic E-state index is 12.6. The van der Waals surface area contributed by atoms with E-state index in [0.29, 0.717) is 16.5 Å². The van der Waals surface area contributed by atoms with Crippen molar-refractivity contribution in [3.8, 4) is 0 Å². The van der Waals surface area contributed by atoms with Crippen molar-refractivity contribution in [1.82, 2.24) is 15.6 Å². The summed E-state index contributed by atoms with van der Waals surface area (Å²) >= 11 is 0. The van der Waals surface area contributed by atoms with Gasteiger partial charge in [0.1, 0.15) is 6.54 Å². The van der Waals surface area contributed by atoms with Gasteiger partial charge in [-0.25, -0.2) is 0 Å². The first kappa shape index (κ1) is 17.2.